The zero-order valence-corrected chi connectivity index (χ0v) is 41.6. The van der Waals surface area contributed by atoms with E-state index in [1.165, 1.54) is 97.3 Å². The summed E-state index contributed by atoms with van der Waals surface area (Å²) in [5.41, 5.74) is 13.9. The van der Waals surface area contributed by atoms with Crippen molar-refractivity contribution in [2.24, 2.45) is 17.3 Å². The molecule has 4 aromatic rings. The Hall–Kier alpha value is -6.18. The van der Waals surface area contributed by atoms with Crippen LogP contribution in [0.1, 0.15) is 144 Å². The van der Waals surface area contributed by atoms with Crippen molar-refractivity contribution in [1.29, 1.82) is 0 Å². The van der Waals surface area contributed by atoms with Crippen LogP contribution in [-0.4, -0.2) is 95.1 Å². The summed E-state index contributed by atoms with van der Waals surface area (Å²) in [6.07, 6.45) is 14.2. The molecule has 370 valence electrons. The van der Waals surface area contributed by atoms with E-state index in [9.17, 15) is 24.0 Å². The Balaban J connectivity index is 0.943. The van der Waals surface area contributed by atoms with Gasteiger partial charge in [0, 0.05) is 24.3 Å². The largest absolute Gasteiger partial charge is 0.453 e. The van der Waals surface area contributed by atoms with Crippen molar-refractivity contribution in [1.82, 2.24) is 30.4 Å². The first-order chi connectivity index (χ1) is 33.8. The van der Waals surface area contributed by atoms with Crippen LogP contribution in [0.5, 0.6) is 0 Å². The number of likely N-dealkylation sites (tertiary alicyclic amines) is 2. The van der Waals surface area contributed by atoms with Crippen molar-refractivity contribution in [2.45, 2.75) is 147 Å². The van der Waals surface area contributed by atoms with Gasteiger partial charge in [0.1, 0.15) is 23.9 Å². The molecule has 4 N–H and O–H groups in total. The smallest absolute Gasteiger partial charge is 0.407 e. The van der Waals surface area contributed by atoms with E-state index in [1.54, 1.807) is 4.90 Å². The summed E-state index contributed by atoms with van der Waals surface area (Å²) in [7, 11) is 2.59. The van der Waals surface area contributed by atoms with Crippen molar-refractivity contribution in [3.8, 4) is 33.5 Å². The number of nitrogens with one attached hydrogen (secondary N) is 4. The summed E-state index contributed by atoms with van der Waals surface area (Å²) in [6.45, 7) is 8.65. The maximum absolute atomic E-state index is 14.0. The van der Waals surface area contributed by atoms with E-state index in [-0.39, 0.29) is 41.0 Å². The first-order valence-electron chi connectivity index (χ1n) is 25.9. The van der Waals surface area contributed by atoms with Gasteiger partial charge in [-0.1, -0.05) is 76.9 Å². The molecular weight excluding hydrogens is 883 g/mol. The summed E-state index contributed by atoms with van der Waals surface area (Å²) in [4.78, 5) is 78.1. The van der Waals surface area contributed by atoms with Crippen molar-refractivity contribution in [3.63, 3.8) is 0 Å². The van der Waals surface area contributed by atoms with Crippen molar-refractivity contribution < 1.29 is 33.4 Å². The van der Waals surface area contributed by atoms with Crippen LogP contribution in [0, 0.1) is 17.3 Å². The van der Waals surface area contributed by atoms with Crippen molar-refractivity contribution in [2.75, 3.05) is 32.6 Å². The number of rotatable bonds is 12. The molecule has 6 atom stereocenters. The fourth-order valence-electron chi connectivity index (χ4n) is 13.4. The number of ether oxygens (including phenoxy) is 2. The molecule has 2 unspecified atom stereocenters. The predicted octanol–water partition coefficient (Wildman–Crippen LogP) is 9.79. The molecule has 70 heavy (non-hydrogen) atoms. The van der Waals surface area contributed by atoms with Gasteiger partial charge in [0.2, 0.25) is 17.7 Å². The van der Waals surface area contributed by atoms with Gasteiger partial charge in [-0.3, -0.25) is 14.4 Å². The molecular formula is C56H69N7O7. The van der Waals surface area contributed by atoms with Crippen LogP contribution in [0.25, 0.3) is 33.5 Å². The van der Waals surface area contributed by atoms with Gasteiger partial charge in [-0.05, 0) is 156 Å². The average molecular weight is 952 g/mol. The second-order valence-corrected chi connectivity index (χ2v) is 21.7. The Labute approximate surface area is 411 Å². The Kier molecular flexibility index (Phi) is 13.0. The van der Waals surface area contributed by atoms with E-state index >= 15 is 0 Å². The number of methoxy groups -OCH3 is 2. The fourth-order valence-corrected chi connectivity index (χ4v) is 13.4. The van der Waals surface area contributed by atoms with E-state index in [0.29, 0.717) is 43.5 Å². The van der Waals surface area contributed by atoms with Crippen molar-refractivity contribution in [3.05, 3.63) is 82.8 Å². The Bertz CT molecular complexity index is 2700. The third kappa shape index (κ3) is 8.63. The second kappa shape index (κ2) is 19.2. The average Bonchev–Trinajstić information content (AvgIpc) is 4.22. The Morgan fingerprint density at radius 1 is 0.700 bits per heavy atom. The number of H-pyrrole nitrogens is 1. The van der Waals surface area contributed by atoms with E-state index in [2.05, 4.69) is 57.3 Å². The highest BCUT2D eigenvalue weighted by molar-refractivity contribution is 5.99. The lowest BCUT2D eigenvalue weighted by atomic mass is 9.80. The topological polar surface area (TPSA) is 175 Å². The van der Waals surface area contributed by atoms with E-state index in [4.69, 9.17) is 14.5 Å². The normalized spacial score (nSPS) is 22.6. The van der Waals surface area contributed by atoms with Crippen LogP contribution >= 0.6 is 0 Å². The summed E-state index contributed by atoms with van der Waals surface area (Å²) in [5.74, 6) is 0.843. The molecule has 3 aromatic carbocycles. The van der Waals surface area contributed by atoms with Gasteiger partial charge in [-0.25, -0.2) is 14.6 Å². The quantitative estimate of drug-likeness (QED) is 0.109. The summed E-state index contributed by atoms with van der Waals surface area (Å²) < 4.78 is 9.65. The third-order valence-corrected chi connectivity index (χ3v) is 16.8. The molecule has 2 saturated carbocycles. The highest BCUT2D eigenvalue weighted by Gasteiger charge is 2.45. The van der Waals surface area contributed by atoms with E-state index in [0.717, 1.165) is 49.2 Å². The number of aromatic nitrogens is 2. The van der Waals surface area contributed by atoms with E-state index in [1.807, 2.05) is 50.9 Å². The number of nitrogens with zero attached hydrogens (tertiary/aromatic N) is 3. The molecule has 0 radical (unpaired) electrons. The van der Waals surface area contributed by atoms with Gasteiger partial charge < -0.3 is 40.2 Å². The molecule has 14 heteroatoms. The maximum Gasteiger partial charge on any atom is 0.407 e. The maximum atomic E-state index is 14.0. The number of carbonyl (C=O) groups excluding carboxylic acids is 5. The van der Waals surface area contributed by atoms with Crippen LogP contribution in [-0.2, 0) is 36.7 Å². The lowest BCUT2D eigenvalue weighted by molar-refractivity contribution is -0.139. The molecule has 6 aliphatic rings. The minimum Gasteiger partial charge on any atom is -0.453 e. The summed E-state index contributed by atoms with van der Waals surface area (Å²) in [5, 5.41) is 8.60. The number of imidazole rings is 1. The number of amides is 5. The van der Waals surface area contributed by atoms with Crippen LogP contribution < -0.4 is 16.0 Å². The fraction of sp³-hybridized carbons (Fsp3) is 0.536. The SMILES string of the molecule is COC(=O)N[C@H](C(=O)N1CCC[C@@H]1c1ncc(-c2ccc(-c3ccc(-c4cccc(NC(=O)[C@@H]5CCCN5C(=O)[C@H](NC(=O)OC)C(C)C)c4)c4c3CC3(CCCC3)C4)c3c2C2CCC3C2)[nH]1)C(C)C. The lowest BCUT2D eigenvalue weighted by Crippen LogP contribution is -2.54. The molecule has 14 nitrogen and oxygen atoms in total. The monoisotopic (exact) mass is 952 g/mol. The minimum absolute atomic E-state index is 0.110. The molecule has 1 aromatic heterocycles. The molecule has 2 aliphatic heterocycles. The minimum atomic E-state index is -0.798. The number of benzene rings is 3. The van der Waals surface area contributed by atoms with Gasteiger partial charge in [0.15, 0.2) is 0 Å². The molecule has 10 rings (SSSR count). The Morgan fingerprint density at radius 3 is 1.96 bits per heavy atom. The zero-order chi connectivity index (χ0) is 49.0. The third-order valence-electron chi connectivity index (χ3n) is 16.8. The van der Waals surface area contributed by atoms with Crippen LogP contribution in [0.2, 0.25) is 0 Å². The molecule has 3 heterocycles. The number of alkyl carbamates (subject to hydrolysis) is 2. The Morgan fingerprint density at radius 2 is 1.29 bits per heavy atom. The molecule has 4 fully saturated rings. The molecule has 5 amide bonds. The number of hydrogen-bond acceptors (Lipinski definition) is 8. The number of aromatic amines is 1. The number of hydrogen-bond donors (Lipinski definition) is 4. The molecule has 2 bridgehead atoms. The zero-order valence-electron chi connectivity index (χ0n) is 41.6. The van der Waals surface area contributed by atoms with Gasteiger partial charge in [0.25, 0.3) is 0 Å². The van der Waals surface area contributed by atoms with Gasteiger partial charge in [-0.2, -0.15) is 0 Å². The van der Waals surface area contributed by atoms with Gasteiger partial charge >= 0.3 is 12.2 Å². The first-order valence-corrected chi connectivity index (χ1v) is 25.9. The number of anilines is 1. The van der Waals surface area contributed by atoms with Gasteiger partial charge in [0.05, 0.1) is 32.2 Å². The highest BCUT2D eigenvalue weighted by atomic mass is 16.5. The second-order valence-electron chi connectivity index (χ2n) is 21.7. The highest BCUT2D eigenvalue weighted by Crippen LogP contribution is 2.60. The van der Waals surface area contributed by atoms with Crippen LogP contribution in [0.3, 0.4) is 0 Å². The van der Waals surface area contributed by atoms with Crippen molar-refractivity contribution >= 4 is 35.6 Å². The number of carbonyl (C=O) groups is 5. The number of fused-ring (bicyclic) bond motifs is 6. The lowest BCUT2D eigenvalue weighted by Gasteiger charge is -2.30. The molecule has 2 saturated heterocycles. The molecule has 4 aliphatic carbocycles. The summed E-state index contributed by atoms with van der Waals surface area (Å²) >= 11 is 0. The first kappa shape index (κ1) is 47.5. The van der Waals surface area contributed by atoms with Crippen LogP contribution in [0.4, 0.5) is 15.3 Å². The summed E-state index contributed by atoms with van der Waals surface area (Å²) in [6, 6.07) is 15.2. The van der Waals surface area contributed by atoms with Crippen LogP contribution in [0.15, 0.2) is 54.7 Å². The van der Waals surface area contributed by atoms with Gasteiger partial charge in [-0.15, -0.1) is 0 Å². The molecule has 1 spiro atoms. The van der Waals surface area contributed by atoms with E-state index < -0.39 is 30.3 Å². The standard InChI is InChI=1S/C56H69N7O7/c1-31(2)48(60-54(67)69-5)52(65)62-24-10-14-44(62)50-57-30-43(59-50)40-21-20-39(46-34-16-17-35(26-34)47(40)46)38-19-18-37(41-28-56(29-42(38)41)22-7-8-23-56)33-12-9-13-36(27-33)58-51(64)45-15-11-25-63(45)53(66)49(32(3)4)61-55(68)70-6/h9,12-13,18-21,27,30-32,34-35,44-45,48-49H,7-8,10-11,14-17,22-26,28-29H2,1-6H3,(H,57,59)(H,58,64)(H,60,67)(H,61,68)/t34?,35?,44-,45+,48+,49-/m1/s1. The predicted molar refractivity (Wildman–Crippen MR) is 268 cm³/mol.